The maximum absolute atomic E-state index is 13.2. The number of nitrogens with one attached hydrogen (secondary N) is 5. The van der Waals surface area contributed by atoms with E-state index in [0.717, 1.165) is 0 Å². The standard InChI is InChI=1S/C29H51N7O8/c1-14(2)12-19(30)28(42)36-11-9-10-20(36)26(40)35-22(15(3)4)27(41)33-18(8)25(39)32-17(7)24(38)31-13-21(37)34-23(16(5)6)29(43)44/h14-20,22-23H,9-13,30H2,1-8H3,(H,31,38)(H,32,39)(H,33,41)(H,34,37)(H,35,40)(H,43,44)/t17-,18-,19-,20-,22-,23-/m0/s1. The zero-order chi connectivity index (χ0) is 33.9. The van der Waals surface area contributed by atoms with Crippen molar-refractivity contribution < 1.29 is 38.7 Å². The van der Waals surface area contributed by atoms with Crippen LogP contribution in [0.5, 0.6) is 0 Å². The molecule has 1 heterocycles. The summed E-state index contributed by atoms with van der Waals surface area (Å²) in [7, 11) is 0. The van der Waals surface area contributed by atoms with Crippen molar-refractivity contribution in [2.75, 3.05) is 13.1 Å². The van der Waals surface area contributed by atoms with Crippen molar-refractivity contribution in [3.8, 4) is 0 Å². The van der Waals surface area contributed by atoms with Crippen LogP contribution in [-0.4, -0.2) is 101 Å². The third kappa shape index (κ3) is 11.7. The first-order valence-corrected chi connectivity index (χ1v) is 15.1. The highest BCUT2D eigenvalue weighted by molar-refractivity contribution is 5.96. The number of nitrogens with zero attached hydrogens (tertiary/aromatic N) is 1. The number of carbonyl (C=O) groups is 7. The van der Waals surface area contributed by atoms with Crippen LogP contribution in [0.4, 0.5) is 0 Å². The Labute approximate surface area is 259 Å². The van der Waals surface area contributed by atoms with Crippen LogP contribution in [0, 0.1) is 17.8 Å². The van der Waals surface area contributed by atoms with Crippen LogP contribution in [0.2, 0.25) is 0 Å². The molecule has 0 aliphatic carbocycles. The van der Waals surface area contributed by atoms with Crippen molar-refractivity contribution in [1.29, 1.82) is 0 Å². The monoisotopic (exact) mass is 625 g/mol. The molecule has 250 valence electrons. The molecule has 1 rings (SSSR count). The summed E-state index contributed by atoms with van der Waals surface area (Å²) >= 11 is 0. The minimum absolute atomic E-state index is 0.212. The average Bonchev–Trinajstić information content (AvgIpc) is 3.41. The normalized spacial score (nSPS) is 18.2. The van der Waals surface area contributed by atoms with Crippen LogP contribution in [0.15, 0.2) is 0 Å². The number of aliphatic carboxylic acids is 1. The summed E-state index contributed by atoms with van der Waals surface area (Å²) in [4.78, 5) is 89.1. The molecule has 0 unspecified atom stereocenters. The van der Waals surface area contributed by atoms with E-state index in [2.05, 4.69) is 26.6 Å². The second kappa shape index (κ2) is 17.5. The lowest BCUT2D eigenvalue weighted by molar-refractivity contribution is -0.143. The van der Waals surface area contributed by atoms with E-state index >= 15 is 0 Å². The van der Waals surface area contributed by atoms with Gasteiger partial charge in [-0.2, -0.15) is 0 Å². The van der Waals surface area contributed by atoms with Crippen molar-refractivity contribution in [3.63, 3.8) is 0 Å². The highest BCUT2D eigenvalue weighted by Gasteiger charge is 2.38. The fourth-order valence-corrected chi connectivity index (χ4v) is 4.74. The second-order valence-corrected chi connectivity index (χ2v) is 12.5. The van der Waals surface area contributed by atoms with Gasteiger partial charge < -0.3 is 42.3 Å². The Bertz CT molecular complexity index is 1060. The fraction of sp³-hybridized carbons (Fsp3) is 0.759. The number of hydrogen-bond donors (Lipinski definition) is 7. The molecule has 0 bridgehead atoms. The summed E-state index contributed by atoms with van der Waals surface area (Å²) in [5.41, 5.74) is 6.07. The molecule has 1 aliphatic rings. The largest absolute Gasteiger partial charge is 0.480 e. The molecule has 0 aromatic rings. The predicted octanol–water partition coefficient (Wildman–Crippen LogP) is -1.16. The first-order valence-electron chi connectivity index (χ1n) is 15.1. The SMILES string of the molecule is CC(C)C[C@H](N)C(=O)N1CCC[C@H]1C(=O)N[C@H](C(=O)N[C@@H](C)C(=O)N[C@@H](C)C(=O)NCC(=O)N[C@H](C(=O)O)C(C)C)C(C)C. The number of carbonyl (C=O) groups excluding carboxylic acids is 6. The number of amides is 6. The van der Waals surface area contributed by atoms with Gasteiger partial charge in [0.2, 0.25) is 35.4 Å². The highest BCUT2D eigenvalue weighted by Crippen LogP contribution is 2.20. The Hall–Kier alpha value is -3.75. The van der Waals surface area contributed by atoms with Crippen molar-refractivity contribution in [2.24, 2.45) is 23.5 Å². The molecule has 0 aromatic carbocycles. The van der Waals surface area contributed by atoms with Gasteiger partial charge in [-0.15, -0.1) is 0 Å². The minimum atomic E-state index is -1.20. The van der Waals surface area contributed by atoms with E-state index in [-0.39, 0.29) is 23.7 Å². The maximum Gasteiger partial charge on any atom is 0.326 e. The molecule has 0 radical (unpaired) electrons. The summed E-state index contributed by atoms with van der Waals surface area (Å²) < 4.78 is 0. The van der Waals surface area contributed by atoms with E-state index in [9.17, 15) is 38.7 Å². The van der Waals surface area contributed by atoms with E-state index in [1.807, 2.05) is 13.8 Å². The zero-order valence-electron chi connectivity index (χ0n) is 27.1. The Morgan fingerprint density at radius 2 is 1.32 bits per heavy atom. The van der Waals surface area contributed by atoms with Crippen LogP contribution < -0.4 is 32.3 Å². The van der Waals surface area contributed by atoms with Gasteiger partial charge in [-0.05, 0) is 50.9 Å². The summed E-state index contributed by atoms with van der Waals surface area (Å²) in [6.07, 6.45) is 1.56. The predicted molar refractivity (Wildman–Crippen MR) is 162 cm³/mol. The number of likely N-dealkylation sites (tertiary alicyclic amines) is 1. The fourth-order valence-electron chi connectivity index (χ4n) is 4.74. The quantitative estimate of drug-likeness (QED) is 0.110. The Kier molecular flexibility index (Phi) is 15.2. The minimum Gasteiger partial charge on any atom is -0.480 e. The number of carboxylic acid groups (broad SMARTS) is 1. The molecule has 6 atom stereocenters. The molecule has 0 aromatic heterocycles. The molecule has 44 heavy (non-hydrogen) atoms. The molecule has 0 saturated carbocycles. The van der Waals surface area contributed by atoms with Gasteiger partial charge in [0.1, 0.15) is 30.2 Å². The highest BCUT2D eigenvalue weighted by atomic mass is 16.4. The van der Waals surface area contributed by atoms with Crippen molar-refractivity contribution in [1.82, 2.24) is 31.5 Å². The molecule has 0 spiro atoms. The number of carboxylic acids is 1. The Balaban J connectivity index is 2.70. The van der Waals surface area contributed by atoms with E-state index in [4.69, 9.17) is 5.73 Å². The van der Waals surface area contributed by atoms with E-state index < -0.39 is 78.3 Å². The number of rotatable bonds is 16. The first-order chi connectivity index (χ1) is 20.4. The van der Waals surface area contributed by atoms with Gasteiger partial charge in [0, 0.05) is 6.54 Å². The van der Waals surface area contributed by atoms with Crippen LogP contribution in [0.25, 0.3) is 0 Å². The third-order valence-electron chi connectivity index (χ3n) is 7.30. The van der Waals surface area contributed by atoms with E-state index in [1.165, 1.54) is 18.7 Å². The topological polar surface area (TPSA) is 229 Å². The van der Waals surface area contributed by atoms with Gasteiger partial charge >= 0.3 is 5.97 Å². The number of nitrogens with two attached hydrogens (primary N) is 1. The zero-order valence-corrected chi connectivity index (χ0v) is 27.1. The summed E-state index contributed by atoms with van der Waals surface area (Å²) in [5.74, 6) is -5.18. The van der Waals surface area contributed by atoms with Gasteiger partial charge in [0.25, 0.3) is 0 Å². The van der Waals surface area contributed by atoms with Gasteiger partial charge in [0.15, 0.2) is 0 Å². The second-order valence-electron chi connectivity index (χ2n) is 12.5. The molecule has 6 amide bonds. The Morgan fingerprint density at radius 1 is 0.773 bits per heavy atom. The van der Waals surface area contributed by atoms with Crippen molar-refractivity contribution >= 4 is 41.4 Å². The van der Waals surface area contributed by atoms with Crippen LogP contribution in [-0.2, 0) is 33.6 Å². The molecule has 1 aliphatic heterocycles. The van der Waals surface area contributed by atoms with Crippen molar-refractivity contribution in [2.45, 2.75) is 111 Å². The molecule has 1 saturated heterocycles. The molecular formula is C29H51N7O8. The van der Waals surface area contributed by atoms with Gasteiger partial charge in [-0.25, -0.2) is 4.79 Å². The third-order valence-corrected chi connectivity index (χ3v) is 7.30. The number of hydrogen-bond acceptors (Lipinski definition) is 8. The summed E-state index contributed by atoms with van der Waals surface area (Å²) in [6.45, 7) is 13.3. The summed E-state index contributed by atoms with van der Waals surface area (Å²) in [5, 5.41) is 21.6. The van der Waals surface area contributed by atoms with Crippen LogP contribution >= 0.6 is 0 Å². The molecule has 15 heteroatoms. The first kappa shape index (κ1) is 38.3. The van der Waals surface area contributed by atoms with Crippen LogP contribution in [0.3, 0.4) is 0 Å². The van der Waals surface area contributed by atoms with E-state index in [0.29, 0.717) is 25.8 Å². The lowest BCUT2D eigenvalue weighted by Gasteiger charge is -2.30. The molecule has 1 fully saturated rings. The molecule has 8 N–H and O–H groups in total. The van der Waals surface area contributed by atoms with Gasteiger partial charge in [-0.1, -0.05) is 41.5 Å². The smallest absolute Gasteiger partial charge is 0.326 e. The van der Waals surface area contributed by atoms with Crippen molar-refractivity contribution in [3.05, 3.63) is 0 Å². The van der Waals surface area contributed by atoms with Crippen LogP contribution in [0.1, 0.15) is 74.7 Å². The Morgan fingerprint density at radius 3 is 1.84 bits per heavy atom. The molecule has 15 nitrogen and oxygen atoms in total. The lowest BCUT2D eigenvalue weighted by Crippen LogP contribution is -2.59. The van der Waals surface area contributed by atoms with Gasteiger partial charge in [0.05, 0.1) is 12.6 Å². The average molecular weight is 626 g/mol. The molecular weight excluding hydrogens is 574 g/mol. The maximum atomic E-state index is 13.2. The van der Waals surface area contributed by atoms with Gasteiger partial charge in [-0.3, -0.25) is 28.8 Å². The lowest BCUT2D eigenvalue weighted by atomic mass is 10.0. The summed E-state index contributed by atoms with van der Waals surface area (Å²) in [6, 6.07) is -5.75. The van der Waals surface area contributed by atoms with E-state index in [1.54, 1.807) is 27.7 Å².